The fourth-order valence-corrected chi connectivity index (χ4v) is 2.13. The summed E-state index contributed by atoms with van der Waals surface area (Å²) in [7, 11) is 1.50. The van der Waals surface area contributed by atoms with Crippen LogP contribution in [0, 0.1) is 0 Å². The summed E-state index contributed by atoms with van der Waals surface area (Å²) in [5.41, 5.74) is 1.28. The van der Waals surface area contributed by atoms with Crippen molar-refractivity contribution in [2.45, 2.75) is 20.0 Å². The largest absolute Gasteiger partial charge is 0.493 e. The molecule has 0 saturated carbocycles. The van der Waals surface area contributed by atoms with Gasteiger partial charge in [0.15, 0.2) is 17.6 Å². The third-order valence-electron chi connectivity index (χ3n) is 3.38. The van der Waals surface area contributed by atoms with E-state index in [2.05, 4.69) is 4.99 Å². The Bertz CT molecular complexity index is 757. The molecule has 0 saturated heterocycles. The van der Waals surface area contributed by atoms with Crippen LogP contribution in [0.2, 0.25) is 0 Å². The van der Waals surface area contributed by atoms with Gasteiger partial charge < -0.3 is 19.3 Å². The Morgan fingerprint density at radius 2 is 1.92 bits per heavy atom. The minimum Gasteiger partial charge on any atom is -0.493 e. The van der Waals surface area contributed by atoms with Gasteiger partial charge in [0.25, 0.3) is 0 Å². The number of hydrogen-bond donors (Lipinski definition) is 1. The second-order valence-corrected chi connectivity index (χ2v) is 5.14. The van der Waals surface area contributed by atoms with Crippen molar-refractivity contribution >= 4 is 17.9 Å². The number of nitrogens with zero attached hydrogens (tertiary/aromatic N) is 1. The number of methoxy groups -OCH3 is 1. The monoisotopic (exact) mass is 343 g/mol. The molecule has 0 heterocycles. The van der Waals surface area contributed by atoms with Crippen molar-refractivity contribution in [1.29, 1.82) is 0 Å². The second kappa shape index (κ2) is 8.73. The highest BCUT2D eigenvalue weighted by molar-refractivity contribution is 5.87. The Morgan fingerprint density at radius 1 is 1.20 bits per heavy atom. The van der Waals surface area contributed by atoms with E-state index in [4.69, 9.17) is 19.3 Å². The number of carboxylic acids is 1. The second-order valence-electron chi connectivity index (χ2n) is 5.14. The number of para-hydroxylation sites is 3. The summed E-state index contributed by atoms with van der Waals surface area (Å²) in [5, 5.41) is 9.09. The average molecular weight is 343 g/mol. The molecule has 0 aliphatic rings. The lowest BCUT2D eigenvalue weighted by Gasteiger charge is -2.15. The number of hydrogen-bond acceptors (Lipinski definition) is 5. The van der Waals surface area contributed by atoms with Gasteiger partial charge in [0, 0.05) is 11.8 Å². The van der Waals surface area contributed by atoms with E-state index in [0.29, 0.717) is 35.1 Å². The molecule has 0 aliphatic carbocycles. The van der Waals surface area contributed by atoms with Gasteiger partial charge in [-0.2, -0.15) is 0 Å². The zero-order valence-electron chi connectivity index (χ0n) is 14.4. The number of benzene rings is 2. The number of aliphatic imine (C=N–C) groups is 1. The van der Waals surface area contributed by atoms with Crippen molar-refractivity contribution in [1.82, 2.24) is 0 Å². The normalized spacial score (nSPS) is 12.0. The highest BCUT2D eigenvalue weighted by Crippen LogP contribution is 2.32. The fraction of sp³-hybridized carbons (Fsp3) is 0.263. The summed E-state index contributed by atoms with van der Waals surface area (Å²) in [6.07, 6.45) is 0.587. The molecule has 1 atom stereocenters. The van der Waals surface area contributed by atoms with E-state index in [9.17, 15) is 4.79 Å². The molecule has 25 heavy (non-hydrogen) atoms. The van der Waals surface area contributed by atoms with E-state index in [1.165, 1.54) is 14.0 Å². The van der Waals surface area contributed by atoms with E-state index in [-0.39, 0.29) is 0 Å². The third-order valence-corrected chi connectivity index (χ3v) is 3.38. The first-order chi connectivity index (χ1) is 12.1. The highest BCUT2D eigenvalue weighted by Gasteiger charge is 2.18. The van der Waals surface area contributed by atoms with Gasteiger partial charge in [-0.3, -0.25) is 4.99 Å². The molecule has 0 unspecified atom stereocenters. The van der Waals surface area contributed by atoms with Gasteiger partial charge in [0.05, 0.1) is 13.7 Å². The van der Waals surface area contributed by atoms with E-state index in [1.54, 1.807) is 24.4 Å². The lowest BCUT2D eigenvalue weighted by molar-refractivity contribution is -0.144. The van der Waals surface area contributed by atoms with Crippen LogP contribution in [-0.4, -0.2) is 37.1 Å². The van der Waals surface area contributed by atoms with E-state index in [1.807, 2.05) is 31.2 Å². The molecular formula is C19H21NO5. The SMILES string of the molecule is CCOc1ccccc1N=Cc1cccc(OC)c1O[C@@H](C)C(=O)O. The number of aliphatic carboxylic acids is 1. The third kappa shape index (κ3) is 4.73. The van der Waals surface area contributed by atoms with Crippen LogP contribution >= 0.6 is 0 Å². The average Bonchev–Trinajstić information content (AvgIpc) is 2.61. The molecule has 0 aromatic heterocycles. The predicted molar refractivity (Wildman–Crippen MR) is 95.6 cm³/mol. The van der Waals surface area contributed by atoms with Crippen LogP contribution in [0.4, 0.5) is 5.69 Å². The summed E-state index contributed by atoms with van der Waals surface area (Å²) >= 11 is 0. The van der Waals surface area contributed by atoms with E-state index in [0.717, 1.165) is 0 Å². The van der Waals surface area contributed by atoms with Crippen LogP contribution in [0.15, 0.2) is 47.5 Å². The highest BCUT2D eigenvalue weighted by atomic mass is 16.5. The zero-order valence-corrected chi connectivity index (χ0v) is 14.4. The summed E-state index contributed by atoms with van der Waals surface area (Å²) in [4.78, 5) is 15.5. The van der Waals surface area contributed by atoms with Crippen molar-refractivity contribution in [2.24, 2.45) is 4.99 Å². The maximum absolute atomic E-state index is 11.1. The molecule has 0 spiro atoms. The Labute approximate surface area is 146 Å². The van der Waals surface area contributed by atoms with Gasteiger partial charge in [-0.1, -0.05) is 18.2 Å². The molecule has 132 valence electrons. The maximum atomic E-state index is 11.1. The van der Waals surface area contributed by atoms with E-state index >= 15 is 0 Å². The van der Waals surface area contributed by atoms with Crippen molar-refractivity contribution in [3.63, 3.8) is 0 Å². The molecular weight excluding hydrogens is 322 g/mol. The predicted octanol–water partition coefficient (Wildman–Crippen LogP) is 3.70. The maximum Gasteiger partial charge on any atom is 0.344 e. The molecule has 0 fully saturated rings. The number of carboxylic acid groups (broad SMARTS) is 1. The molecule has 2 aromatic rings. The Balaban J connectivity index is 2.37. The molecule has 0 bridgehead atoms. The van der Waals surface area contributed by atoms with Crippen molar-refractivity contribution < 1.29 is 24.1 Å². The first-order valence-corrected chi connectivity index (χ1v) is 7.89. The number of ether oxygens (including phenoxy) is 3. The van der Waals surface area contributed by atoms with Crippen LogP contribution in [0.5, 0.6) is 17.2 Å². The lowest BCUT2D eigenvalue weighted by atomic mass is 10.2. The van der Waals surface area contributed by atoms with Gasteiger partial charge >= 0.3 is 5.97 Å². The topological polar surface area (TPSA) is 77.3 Å². The van der Waals surface area contributed by atoms with E-state index < -0.39 is 12.1 Å². The number of carbonyl (C=O) groups is 1. The van der Waals surface area contributed by atoms with Crippen molar-refractivity contribution in [3.05, 3.63) is 48.0 Å². The van der Waals surface area contributed by atoms with Gasteiger partial charge in [-0.05, 0) is 38.1 Å². The molecule has 6 nitrogen and oxygen atoms in total. The summed E-state index contributed by atoms with van der Waals surface area (Å²) < 4.78 is 16.4. The molecule has 0 radical (unpaired) electrons. The summed E-state index contributed by atoms with van der Waals surface area (Å²) in [6, 6.07) is 12.7. The summed E-state index contributed by atoms with van der Waals surface area (Å²) in [6.45, 7) is 3.90. The molecule has 0 amide bonds. The molecule has 1 N–H and O–H groups in total. The first kappa shape index (κ1) is 18.3. The molecule has 0 aliphatic heterocycles. The lowest BCUT2D eigenvalue weighted by Crippen LogP contribution is -2.23. The van der Waals surface area contributed by atoms with Crippen molar-refractivity contribution in [2.75, 3.05) is 13.7 Å². The molecule has 2 aromatic carbocycles. The van der Waals surface area contributed by atoms with Gasteiger partial charge in [-0.25, -0.2) is 4.79 Å². The van der Waals surface area contributed by atoms with Crippen LogP contribution < -0.4 is 14.2 Å². The smallest absolute Gasteiger partial charge is 0.344 e. The van der Waals surface area contributed by atoms with Crippen LogP contribution in [0.25, 0.3) is 0 Å². The van der Waals surface area contributed by atoms with Gasteiger partial charge in [0.2, 0.25) is 0 Å². The minimum atomic E-state index is -1.06. The first-order valence-electron chi connectivity index (χ1n) is 7.89. The summed E-state index contributed by atoms with van der Waals surface area (Å²) in [5.74, 6) is 0.383. The van der Waals surface area contributed by atoms with Crippen molar-refractivity contribution in [3.8, 4) is 17.2 Å². The van der Waals surface area contributed by atoms with Crippen LogP contribution in [-0.2, 0) is 4.79 Å². The molecule has 6 heteroatoms. The van der Waals surface area contributed by atoms with Crippen LogP contribution in [0.3, 0.4) is 0 Å². The standard InChI is InChI=1S/C19H21NO5/c1-4-24-16-10-6-5-9-15(16)20-12-14-8-7-11-17(23-3)18(14)25-13(2)19(21)22/h5-13H,4H2,1-3H3,(H,21,22)/t13-/m0/s1. The Morgan fingerprint density at radius 3 is 2.60 bits per heavy atom. The Kier molecular flexibility index (Phi) is 6.39. The molecule has 2 rings (SSSR count). The van der Waals surface area contributed by atoms with Gasteiger partial charge in [0.1, 0.15) is 11.4 Å². The number of rotatable bonds is 8. The van der Waals surface area contributed by atoms with Gasteiger partial charge in [-0.15, -0.1) is 0 Å². The van der Waals surface area contributed by atoms with Crippen LogP contribution in [0.1, 0.15) is 19.4 Å². The minimum absolute atomic E-state index is 0.331. The quantitative estimate of drug-likeness (QED) is 0.740. The Hall–Kier alpha value is -3.02. The fourth-order valence-electron chi connectivity index (χ4n) is 2.13. The zero-order chi connectivity index (χ0) is 18.2.